The van der Waals surface area contributed by atoms with E-state index in [1.165, 1.54) is 11.1 Å². The molecule has 0 aliphatic carbocycles. The first-order chi connectivity index (χ1) is 12.2. The van der Waals surface area contributed by atoms with Crippen LogP contribution in [0.4, 0.5) is 10.5 Å². The number of fused-ring (bicyclic) bond motifs is 1. The van der Waals surface area contributed by atoms with Gasteiger partial charge in [-0.2, -0.15) is 0 Å². The van der Waals surface area contributed by atoms with E-state index in [2.05, 4.69) is 40.5 Å². The number of aldehydes is 1. The third-order valence-electron chi connectivity index (χ3n) is 4.96. The summed E-state index contributed by atoms with van der Waals surface area (Å²) in [5.41, 5.74) is 3.24. The largest absolute Gasteiger partial charge is 0.344 e. The number of piperidine rings is 1. The predicted molar refractivity (Wildman–Crippen MR) is 100 cm³/mol. The van der Waals surface area contributed by atoms with Crippen molar-refractivity contribution >= 4 is 28.9 Å². The fraction of sp³-hybridized carbons (Fsp3) is 0.474. The molecule has 0 saturated carbocycles. The number of nitrogens with one attached hydrogen (secondary N) is 2. The third kappa shape index (κ3) is 3.54. The molecule has 1 aliphatic heterocycles. The number of amides is 2. The van der Waals surface area contributed by atoms with Gasteiger partial charge >= 0.3 is 6.03 Å². The molecule has 1 aromatic heterocycles. The summed E-state index contributed by atoms with van der Waals surface area (Å²) < 4.78 is 2.38. The van der Waals surface area contributed by atoms with E-state index in [0.29, 0.717) is 19.0 Å². The molecule has 1 aromatic carbocycles. The molecule has 2 aromatic rings. The average molecular weight is 342 g/mol. The molecular formula is C19H26N4O2. The van der Waals surface area contributed by atoms with Crippen molar-refractivity contribution in [3.63, 3.8) is 0 Å². The fourth-order valence-corrected chi connectivity index (χ4v) is 3.63. The lowest BCUT2D eigenvalue weighted by Crippen LogP contribution is -2.38. The van der Waals surface area contributed by atoms with Gasteiger partial charge in [-0.05, 0) is 56.6 Å². The second-order valence-electron chi connectivity index (χ2n) is 6.56. The number of carbonyl (C=O) groups is 2. The monoisotopic (exact) mass is 342 g/mol. The highest BCUT2D eigenvalue weighted by atomic mass is 16.2. The molecule has 3 rings (SSSR count). The van der Waals surface area contributed by atoms with Crippen LogP contribution in [0.5, 0.6) is 0 Å². The quantitative estimate of drug-likeness (QED) is 0.821. The van der Waals surface area contributed by atoms with Crippen molar-refractivity contribution in [3.05, 3.63) is 30.0 Å². The van der Waals surface area contributed by atoms with Crippen molar-refractivity contribution in [2.75, 3.05) is 31.6 Å². The summed E-state index contributed by atoms with van der Waals surface area (Å²) in [5, 5.41) is 7.22. The highest BCUT2D eigenvalue weighted by Crippen LogP contribution is 2.31. The summed E-state index contributed by atoms with van der Waals surface area (Å²) in [4.78, 5) is 24.5. The van der Waals surface area contributed by atoms with E-state index in [9.17, 15) is 9.59 Å². The van der Waals surface area contributed by atoms with Gasteiger partial charge in [0.15, 0.2) is 0 Å². The highest BCUT2D eigenvalue weighted by molar-refractivity contribution is 5.96. The molecule has 6 nitrogen and oxygen atoms in total. The number of urea groups is 1. The van der Waals surface area contributed by atoms with Gasteiger partial charge in [-0.1, -0.05) is 0 Å². The minimum atomic E-state index is -0.198. The molecule has 2 amide bonds. The molecule has 1 aliphatic rings. The van der Waals surface area contributed by atoms with Crippen LogP contribution in [0.3, 0.4) is 0 Å². The molecule has 2 heterocycles. The summed E-state index contributed by atoms with van der Waals surface area (Å²) in [6, 6.07) is 6.45. The smallest absolute Gasteiger partial charge is 0.321 e. The van der Waals surface area contributed by atoms with Crippen LogP contribution in [0, 0.1) is 6.92 Å². The van der Waals surface area contributed by atoms with Crippen molar-refractivity contribution < 1.29 is 9.59 Å². The fourth-order valence-electron chi connectivity index (χ4n) is 3.63. The zero-order valence-corrected chi connectivity index (χ0v) is 14.9. The van der Waals surface area contributed by atoms with Crippen molar-refractivity contribution in [3.8, 4) is 0 Å². The predicted octanol–water partition coefficient (Wildman–Crippen LogP) is 2.61. The van der Waals surface area contributed by atoms with Gasteiger partial charge in [0.25, 0.3) is 0 Å². The van der Waals surface area contributed by atoms with Gasteiger partial charge in [0.05, 0.1) is 0 Å². The highest BCUT2D eigenvalue weighted by Gasteiger charge is 2.19. The normalized spacial score (nSPS) is 15.3. The second kappa shape index (κ2) is 7.70. The number of anilines is 1. The molecule has 0 radical (unpaired) electrons. The molecule has 134 valence electrons. The van der Waals surface area contributed by atoms with Gasteiger partial charge in [-0.3, -0.25) is 4.90 Å². The summed E-state index contributed by atoms with van der Waals surface area (Å²) in [6.07, 6.45) is 5.65. The average Bonchev–Trinajstić information content (AvgIpc) is 2.99. The van der Waals surface area contributed by atoms with Gasteiger partial charge in [0, 0.05) is 48.8 Å². The van der Waals surface area contributed by atoms with Crippen molar-refractivity contribution in [1.29, 1.82) is 0 Å². The van der Waals surface area contributed by atoms with Crippen LogP contribution in [0.15, 0.2) is 24.4 Å². The van der Waals surface area contributed by atoms with Crippen molar-refractivity contribution in [2.24, 2.45) is 0 Å². The Labute approximate surface area is 148 Å². The molecule has 0 unspecified atom stereocenters. The van der Waals surface area contributed by atoms with Gasteiger partial charge in [-0.25, -0.2) is 4.79 Å². The van der Waals surface area contributed by atoms with Crippen LogP contribution in [0.25, 0.3) is 10.9 Å². The van der Waals surface area contributed by atoms with E-state index >= 15 is 0 Å². The molecule has 0 bridgehead atoms. The zero-order chi connectivity index (χ0) is 17.8. The van der Waals surface area contributed by atoms with E-state index < -0.39 is 0 Å². The van der Waals surface area contributed by atoms with E-state index in [4.69, 9.17) is 0 Å². The maximum atomic E-state index is 12.2. The van der Waals surface area contributed by atoms with Crippen LogP contribution < -0.4 is 15.5 Å². The number of carbonyl (C=O) groups excluding carboxylic acids is 2. The molecule has 0 spiro atoms. The Balaban J connectivity index is 1.97. The number of rotatable bonds is 5. The minimum Gasteiger partial charge on any atom is -0.344 e. The lowest BCUT2D eigenvalue weighted by molar-refractivity contribution is -0.107. The number of aromatic nitrogens is 1. The van der Waals surface area contributed by atoms with E-state index in [-0.39, 0.29) is 6.03 Å². The van der Waals surface area contributed by atoms with Crippen molar-refractivity contribution in [2.45, 2.75) is 32.2 Å². The maximum absolute atomic E-state index is 12.2. The second-order valence-corrected chi connectivity index (χ2v) is 6.56. The topological polar surface area (TPSA) is 66.4 Å². The SMILES string of the molecule is CNC(=O)N(CCC=O)c1ccc2c(c1)c(C)cn2C1CCNCC1. The van der Waals surface area contributed by atoms with Crippen LogP contribution in [-0.4, -0.2) is 43.6 Å². The summed E-state index contributed by atoms with van der Waals surface area (Å²) in [7, 11) is 1.60. The van der Waals surface area contributed by atoms with E-state index in [0.717, 1.165) is 43.3 Å². The molecular weight excluding hydrogens is 316 g/mol. The standard InChI is InChI=1S/C19H26N4O2/c1-14-13-23(15-6-8-21-9-7-15)18-5-4-16(12-17(14)18)22(10-3-11-24)19(25)20-2/h4-5,11-13,15,21H,3,6-10H2,1-2H3,(H,20,25). The molecule has 25 heavy (non-hydrogen) atoms. The first-order valence-electron chi connectivity index (χ1n) is 8.90. The Morgan fingerprint density at radius 1 is 1.40 bits per heavy atom. The Morgan fingerprint density at radius 3 is 2.84 bits per heavy atom. The third-order valence-corrected chi connectivity index (χ3v) is 4.96. The van der Waals surface area contributed by atoms with E-state index in [1.807, 2.05) is 6.07 Å². The minimum absolute atomic E-state index is 0.198. The number of hydrogen-bond acceptors (Lipinski definition) is 3. The lowest BCUT2D eigenvalue weighted by atomic mass is 10.1. The molecule has 0 atom stereocenters. The Bertz CT molecular complexity index is 762. The Kier molecular flexibility index (Phi) is 5.38. The van der Waals surface area contributed by atoms with Crippen LogP contribution in [0.2, 0.25) is 0 Å². The molecule has 2 N–H and O–H groups in total. The number of nitrogens with zero attached hydrogens (tertiary/aromatic N) is 2. The van der Waals surface area contributed by atoms with Gasteiger partial charge in [-0.15, -0.1) is 0 Å². The maximum Gasteiger partial charge on any atom is 0.321 e. The van der Waals surface area contributed by atoms with E-state index in [1.54, 1.807) is 11.9 Å². The zero-order valence-electron chi connectivity index (χ0n) is 14.9. The summed E-state index contributed by atoms with van der Waals surface area (Å²) in [6.45, 7) is 4.59. The number of hydrogen-bond donors (Lipinski definition) is 2. The summed E-state index contributed by atoms with van der Waals surface area (Å²) >= 11 is 0. The van der Waals surface area contributed by atoms with Crippen LogP contribution in [-0.2, 0) is 4.79 Å². The summed E-state index contributed by atoms with van der Waals surface area (Å²) in [5.74, 6) is 0. The Morgan fingerprint density at radius 2 is 2.16 bits per heavy atom. The van der Waals surface area contributed by atoms with Crippen molar-refractivity contribution in [1.82, 2.24) is 15.2 Å². The van der Waals surface area contributed by atoms with Gasteiger partial charge in [0.1, 0.15) is 6.29 Å². The molecule has 1 saturated heterocycles. The van der Waals surface area contributed by atoms with Gasteiger partial charge in [0.2, 0.25) is 0 Å². The van der Waals surface area contributed by atoms with Crippen LogP contribution in [0.1, 0.15) is 30.9 Å². The molecule has 6 heteroatoms. The number of benzene rings is 1. The molecule has 1 fully saturated rings. The lowest BCUT2D eigenvalue weighted by Gasteiger charge is -2.25. The first kappa shape index (κ1) is 17.5. The van der Waals surface area contributed by atoms with Gasteiger partial charge < -0.3 is 20.0 Å². The number of aryl methyl sites for hydroxylation is 1. The first-order valence-corrected chi connectivity index (χ1v) is 8.90. The Hall–Kier alpha value is -2.34. The van der Waals surface area contributed by atoms with Crippen LogP contribution >= 0.6 is 0 Å².